The first-order chi connectivity index (χ1) is 14.7. The number of hydrogen-bond acceptors (Lipinski definition) is 5. The zero-order valence-corrected chi connectivity index (χ0v) is 20.3. The molecule has 0 aromatic heterocycles. The van der Waals surface area contributed by atoms with Crippen molar-refractivity contribution in [2.24, 2.45) is 11.7 Å². The van der Waals surface area contributed by atoms with Crippen LogP contribution in [-0.4, -0.2) is 91.4 Å². The molecule has 8 nitrogen and oxygen atoms in total. The summed E-state index contributed by atoms with van der Waals surface area (Å²) in [5, 5.41) is 0. The Labute approximate surface area is 188 Å². The van der Waals surface area contributed by atoms with E-state index in [1.807, 2.05) is 20.8 Å². The molecule has 1 aliphatic heterocycles. The predicted octanol–water partition coefficient (Wildman–Crippen LogP) is 1.86. The SMILES string of the molecule is CCCC(=O)N(C)[C@H](COCCCN1CCCCC1)C(=O)N(C)[C@@H](CC(C)C)C(N)=O. The summed E-state index contributed by atoms with van der Waals surface area (Å²) in [4.78, 5) is 43.0. The number of carbonyl (C=O) groups excluding carboxylic acids is 3. The number of nitrogens with zero attached hydrogens (tertiary/aromatic N) is 3. The molecular weight excluding hydrogens is 396 g/mol. The van der Waals surface area contributed by atoms with Crippen LogP contribution < -0.4 is 5.73 Å². The Morgan fingerprint density at radius 1 is 1.03 bits per heavy atom. The van der Waals surface area contributed by atoms with Gasteiger partial charge in [-0.05, 0) is 51.1 Å². The van der Waals surface area contributed by atoms with Crippen molar-refractivity contribution < 1.29 is 19.1 Å². The lowest BCUT2D eigenvalue weighted by Gasteiger charge is -2.34. The largest absolute Gasteiger partial charge is 0.379 e. The third-order valence-corrected chi connectivity index (χ3v) is 5.94. The summed E-state index contributed by atoms with van der Waals surface area (Å²) < 4.78 is 5.84. The van der Waals surface area contributed by atoms with Crippen molar-refractivity contribution in [2.45, 2.75) is 77.8 Å². The van der Waals surface area contributed by atoms with Crippen molar-refractivity contribution in [2.75, 3.05) is 46.9 Å². The second kappa shape index (κ2) is 14.4. The zero-order chi connectivity index (χ0) is 23.4. The minimum absolute atomic E-state index is 0.106. The second-order valence-electron chi connectivity index (χ2n) is 9.10. The van der Waals surface area contributed by atoms with Gasteiger partial charge in [0.05, 0.1) is 6.61 Å². The van der Waals surface area contributed by atoms with Crippen molar-refractivity contribution >= 4 is 17.7 Å². The minimum Gasteiger partial charge on any atom is -0.379 e. The number of likely N-dealkylation sites (tertiary alicyclic amines) is 1. The van der Waals surface area contributed by atoms with E-state index in [4.69, 9.17) is 10.5 Å². The van der Waals surface area contributed by atoms with Crippen molar-refractivity contribution in [3.8, 4) is 0 Å². The van der Waals surface area contributed by atoms with Gasteiger partial charge in [-0.1, -0.05) is 27.2 Å². The minimum atomic E-state index is -0.770. The van der Waals surface area contributed by atoms with Gasteiger partial charge in [0, 0.05) is 33.7 Å². The molecule has 0 aromatic rings. The fourth-order valence-electron chi connectivity index (χ4n) is 3.98. The molecule has 0 spiro atoms. The fraction of sp³-hybridized carbons (Fsp3) is 0.870. The van der Waals surface area contributed by atoms with Gasteiger partial charge in [0.2, 0.25) is 17.7 Å². The number of likely N-dealkylation sites (N-methyl/N-ethyl adjacent to an activating group) is 2. The first-order valence-electron chi connectivity index (χ1n) is 11.8. The molecule has 2 N–H and O–H groups in total. The summed E-state index contributed by atoms with van der Waals surface area (Å²) in [5.41, 5.74) is 5.57. The van der Waals surface area contributed by atoms with Crippen LogP contribution in [0.2, 0.25) is 0 Å². The van der Waals surface area contributed by atoms with Crippen LogP contribution in [0.1, 0.15) is 65.7 Å². The molecule has 1 rings (SSSR count). The molecule has 31 heavy (non-hydrogen) atoms. The average molecular weight is 441 g/mol. The van der Waals surface area contributed by atoms with E-state index in [0.717, 1.165) is 26.1 Å². The van der Waals surface area contributed by atoms with Gasteiger partial charge < -0.3 is 25.2 Å². The molecule has 0 aliphatic carbocycles. The van der Waals surface area contributed by atoms with Crippen molar-refractivity contribution in [3.63, 3.8) is 0 Å². The molecule has 1 heterocycles. The summed E-state index contributed by atoms with van der Waals surface area (Å²) in [6, 6.07) is -1.48. The lowest BCUT2D eigenvalue weighted by molar-refractivity contribution is -0.149. The van der Waals surface area contributed by atoms with E-state index in [2.05, 4.69) is 4.90 Å². The van der Waals surface area contributed by atoms with Gasteiger partial charge in [-0.15, -0.1) is 0 Å². The van der Waals surface area contributed by atoms with E-state index in [0.29, 0.717) is 25.9 Å². The Bertz CT molecular complexity index is 564. The van der Waals surface area contributed by atoms with Crippen molar-refractivity contribution in [1.82, 2.24) is 14.7 Å². The molecule has 0 radical (unpaired) electrons. The highest BCUT2D eigenvalue weighted by atomic mass is 16.5. The lowest BCUT2D eigenvalue weighted by atomic mass is 10.0. The van der Waals surface area contributed by atoms with Gasteiger partial charge in [0.15, 0.2) is 0 Å². The molecule has 0 saturated carbocycles. The molecule has 0 aromatic carbocycles. The highest BCUT2D eigenvalue weighted by molar-refractivity contribution is 5.91. The highest BCUT2D eigenvalue weighted by Crippen LogP contribution is 2.14. The molecular formula is C23H44N4O4. The Kier molecular flexibility index (Phi) is 12.7. The number of carbonyl (C=O) groups is 3. The van der Waals surface area contributed by atoms with E-state index in [1.54, 1.807) is 14.1 Å². The van der Waals surface area contributed by atoms with E-state index in [9.17, 15) is 14.4 Å². The summed E-state index contributed by atoms with van der Waals surface area (Å²) in [7, 11) is 3.22. The van der Waals surface area contributed by atoms with Crippen LogP contribution in [0.15, 0.2) is 0 Å². The van der Waals surface area contributed by atoms with Crippen molar-refractivity contribution in [1.29, 1.82) is 0 Å². The zero-order valence-electron chi connectivity index (χ0n) is 20.3. The van der Waals surface area contributed by atoms with Crippen LogP contribution in [0.25, 0.3) is 0 Å². The number of nitrogens with two attached hydrogens (primary N) is 1. The highest BCUT2D eigenvalue weighted by Gasteiger charge is 2.34. The molecule has 3 amide bonds. The molecule has 1 fully saturated rings. The topological polar surface area (TPSA) is 96.2 Å². The normalized spacial score (nSPS) is 16.7. The average Bonchev–Trinajstić information content (AvgIpc) is 2.73. The molecule has 0 unspecified atom stereocenters. The Morgan fingerprint density at radius 2 is 1.68 bits per heavy atom. The Hall–Kier alpha value is -1.67. The van der Waals surface area contributed by atoms with E-state index in [1.165, 1.54) is 29.1 Å². The third kappa shape index (κ3) is 9.56. The van der Waals surface area contributed by atoms with Gasteiger partial charge in [-0.2, -0.15) is 0 Å². The first-order valence-corrected chi connectivity index (χ1v) is 11.8. The maximum absolute atomic E-state index is 13.3. The van der Waals surface area contributed by atoms with Gasteiger partial charge in [-0.25, -0.2) is 0 Å². The number of ether oxygens (including phenoxy) is 1. The Morgan fingerprint density at radius 3 is 2.23 bits per heavy atom. The predicted molar refractivity (Wildman–Crippen MR) is 122 cm³/mol. The monoisotopic (exact) mass is 440 g/mol. The van der Waals surface area contributed by atoms with Crippen LogP contribution in [-0.2, 0) is 19.1 Å². The van der Waals surface area contributed by atoms with E-state index >= 15 is 0 Å². The molecule has 1 saturated heterocycles. The summed E-state index contributed by atoms with van der Waals surface area (Å²) in [5.74, 6) is -0.747. The van der Waals surface area contributed by atoms with Crippen LogP contribution in [0.4, 0.5) is 0 Å². The van der Waals surface area contributed by atoms with E-state index in [-0.39, 0.29) is 24.3 Å². The lowest BCUT2D eigenvalue weighted by Crippen LogP contribution is -2.55. The van der Waals surface area contributed by atoms with E-state index < -0.39 is 18.0 Å². The van der Waals surface area contributed by atoms with Gasteiger partial charge in [-0.3, -0.25) is 14.4 Å². The second-order valence-corrected chi connectivity index (χ2v) is 9.10. The standard InChI is InChI=1S/C23H44N4O4/c1-6-11-21(28)25(4)20(17-31-15-10-14-27-12-8-7-9-13-27)23(30)26(5)19(22(24)29)16-18(2)3/h18-20H,6-17H2,1-5H3,(H2,24,29)/t19-,20+/m0/s1. The maximum atomic E-state index is 13.3. The molecule has 8 heteroatoms. The number of amides is 3. The number of piperidine rings is 1. The number of rotatable bonds is 14. The smallest absolute Gasteiger partial charge is 0.248 e. The molecule has 1 aliphatic rings. The summed E-state index contributed by atoms with van der Waals surface area (Å²) >= 11 is 0. The summed E-state index contributed by atoms with van der Waals surface area (Å²) in [6.45, 7) is 9.81. The van der Waals surface area contributed by atoms with Gasteiger partial charge >= 0.3 is 0 Å². The number of hydrogen-bond donors (Lipinski definition) is 1. The molecule has 0 bridgehead atoms. The third-order valence-electron chi connectivity index (χ3n) is 5.94. The first kappa shape index (κ1) is 27.4. The molecule has 2 atom stereocenters. The maximum Gasteiger partial charge on any atom is 0.248 e. The number of primary amides is 1. The van der Waals surface area contributed by atoms with Gasteiger partial charge in [0.25, 0.3) is 0 Å². The summed E-state index contributed by atoms with van der Waals surface area (Å²) in [6.07, 6.45) is 6.26. The van der Waals surface area contributed by atoms with Crippen LogP contribution in [0.5, 0.6) is 0 Å². The Balaban J connectivity index is 2.73. The van der Waals surface area contributed by atoms with Crippen LogP contribution >= 0.6 is 0 Å². The van der Waals surface area contributed by atoms with Gasteiger partial charge in [0.1, 0.15) is 12.1 Å². The van der Waals surface area contributed by atoms with Crippen LogP contribution in [0.3, 0.4) is 0 Å². The molecule has 180 valence electrons. The quantitative estimate of drug-likeness (QED) is 0.416. The van der Waals surface area contributed by atoms with Crippen LogP contribution in [0, 0.1) is 5.92 Å². The van der Waals surface area contributed by atoms with Crippen molar-refractivity contribution in [3.05, 3.63) is 0 Å². The fourth-order valence-corrected chi connectivity index (χ4v) is 3.98.